The van der Waals surface area contributed by atoms with Crippen molar-refractivity contribution in [1.29, 1.82) is 0 Å². The average Bonchev–Trinajstić information content (AvgIpc) is 0. The van der Waals surface area contributed by atoms with Gasteiger partial charge in [0.1, 0.15) is 0 Å². The van der Waals surface area contributed by atoms with E-state index in [9.17, 15) is 0 Å². The van der Waals surface area contributed by atoms with Crippen molar-refractivity contribution in [3.63, 3.8) is 0 Å². The minimum absolute atomic E-state index is 0. The second-order valence-corrected chi connectivity index (χ2v) is 0. The van der Waals surface area contributed by atoms with E-state index in [1.54, 1.807) is 0 Å². The van der Waals surface area contributed by atoms with Crippen molar-refractivity contribution >= 4 is 0 Å². The molecule has 0 aromatic rings. The first kappa shape index (κ1) is 43.9. The number of hydrogen-bond donors (Lipinski definition) is 0. The molecule has 0 aliphatic carbocycles. The third-order valence-corrected chi connectivity index (χ3v) is 0. The second kappa shape index (κ2) is 22.4. The van der Waals surface area contributed by atoms with Crippen molar-refractivity contribution in [1.82, 2.24) is 0 Å². The predicted octanol–water partition coefficient (Wildman–Crippen LogP) is -0.243. The van der Waals surface area contributed by atoms with Crippen LogP contribution in [0.15, 0.2) is 0 Å². The van der Waals surface area contributed by atoms with Gasteiger partial charge < -0.3 is 11.0 Å². The smallest absolute Gasteiger partial charge is 2.00 e. The summed E-state index contributed by atoms with van der Waals surface area (Å²) in [5, 5.41) is 0. The molecule has 0 N–H and O–H groups in total. The molecule has 0 rings (SSSR count). The summed E-state index contributed by atoms with van der Waals surface area (Å²) < 4.78 is 0. The molecular weight excluding hydrogens is 214 g/mol. The van der Waals surface area contributed by atoms with Crippen LogP contribution in [-0.4, -0.2) is 0 Å². The summed E-state index contributed by atoms with van der Waals surface area (Å²) in [4.78, 5) is 0. The van der Waals surface area contributed by atoms with E-state index in [1.165, 1.54) is 0 Å². The summed E-state index contributed by atoms with van der Waals surface area (Å²) in [7, 11) is 0. The van der Waals surface area contributed by atoms with E-state index in [4.69, 9.17) is 0 Å². The molecule has 0 saturated carbocycles. The Bertz CT molecular complexity index is 4.00. The summed E-state index contributed by atoms with van der Waals surface area (Å²) >= 11 is 0. The van der Waals surface area contributed by atoms with Gasteiger partial charge in [0.2, 0.25) is 0 Å². The molecule has 0 aromatic carbocycles. The molecule has 0 radical (unpaired) electrons. The summed E-state index contributed by atoms with van der Waals surface area (Å²) in [5.41, 5.74) is 0. The van der Waals surface area contributed by atoms with E-state index in [-0.39, 0.29) is 63.4 Å². The first-order valence-corrected chi connectivity index (χ1v) is 0. The minimum atomic E-state index is 0. The standard InChI is InChI=1S/2O.2Zr/q2*-2;;+4. The van der Waals surface area contributed by atoms with Crippen LogP contribution in [0, 0.1) is 0 Å². The second-order valence-electron chi connectivity index (χ2n) is 0. The molecule has 0 spiro atoms. The average molecular weight is 214 g/mol. The Labute approximate surface area is 62.8 Å². The van der Waals surface area contributed by atoms with Crippen molar-refractivity contribution in [2.75, 3.05) is 0 Å². The summed E-state index contributed by atoms with van der Waals surface area (Å²) in [5.74, 6) is 0. The molecular formula is O2Zr2. The van der Waals surface area contributed by atoms with Gasteiger partial charge in [0.15, 0.2) is 0 Å². The van der Waals surface area contributed by atoms with Crippen molar-refractivity contribution in [3.05, 3.63) is 0 Å². The van der Waals surface area contributed by atoms with Crippen LogP contribution in [0.1, 0.15) is 0 Å². The van der Waals surface area contributed by atoms with Crippen molar-refractivity contribution < 1.29 is 63.4 Å². The van der Waals surface area contributed by atoms with E-state index in [0.29, 0.717) is 0 Å². The summed E-state index contributed by atoms with van der Waals surface area (Å²) in [6.45, 7) is 0. The fraction of sp³-hybridized carbons (Fsp3) is 0. The Hall–Kier alpha value is 1.69. The summed E-state index contributed by atoms with van der Waals surface area (Å²) in [6, 6.07) is 0. The van der Waals surface area contributed by atoms with Crippen LogP contribution in [-0.2, 0) is 63.4 Å². The molecule has 0 atom stereocenters. The van der Waals surface area contributed by atoms with E-state index in [0.717, 1.165) is 0 Å². The van der Waals surface area contributed by atoms with Crippen LogP contribution in [0.4, 0.5) is 0 Å². The maximum atomic E-state index is 0. The maximum Gasteiger partial charge on any atom is 4.00 e. The predicted molar refractivity (Wildman–Crippen MR) is 1.37 cm³/mol. The fourth-order valence-corrected chi connectivity index (χ4v) is 0. The molecule has 4 heavy (non-hydrogen) atoms. The molecule has 0 fully saturated rings. The number of hydrogen-bond acceptors (Lipinski definition) is 0. The normalized spacial score (nSPS) is 0. The zero-order valence-electron chi connectivity index (χ0n) is 1.82. The van der Waals surface area contributed by atoms with Gasteiger partial charge in [-0.1, -0.05) is 0 Å². The van der Waals surface area contributed by atoms with Gasteiger partial charge in [-0.15, -0.1) is 0 Å². The molecule has 0 saturated heterocycles. The summed E-state index contributed by atoms with van der Waals surface area (Å²) in [6.07, 6.45) is 0. The zero-order valence-corrected chi connectivity index (χ0v) is 6.73. The van der Waals surface area contributed by atoms with Gasteiger partial charge in [-0.05, 0) is 0 Å². The third kappa shape index (κ3) is 9.35. The van der Waals surface area contributed by atoms with Gasteiger partial charge in [-0.25, -0.2) is 0 Å². The van der Waals surface area contributed by atoms with Crippen molar-refractivity contribution in [2.24, 2.45) is 0 Å². The van der Waals surface area contributed by atoms with Gasteiger partial charge >= 0.3 is 26.2 Å². The van der Waals surface area contributed by atoms with Crippen LogP contribution in [0.5, 0.6) is 0 Å². The van der Waals surface area contributed by atoms with Gasteiger partial charge in [0.05, 0.1) is 0 Å². The Morgan fingerprint density at radius 3 is 0.750 bits per heavy atom. The van der Waals surface area contributed by atoms with Crippen LogP contribution in [0.2, 0.25) is 0 Å². The van der Waals surface area contributed by atoms with Crippen LogP contribution < -0.4 is 0 Å². The van der Waals surface area contributed by atoms with Gasteiger partial charge in [-0.3, -0.25) is 0 Å². The van der Waals surface area contributed by atoms with Gasteiger partial charge in [-0.2, -0.15) is 0 Å². The van der Waals surface area contributed by atoms with Gasteiger partial charge in [0.25, 0.3) is 0 Å². The third-order valence-electron chi connectivity index (χ3n) is 0. The van der Waals surface area contributed by atoms with Crippen LogP contribution in [0.25, 0.3) is 0 Å². The fourth-order valence-electron chi connectivity index (χ4n) is 0. The first-order chi connectivity index (χ1) is 0. The molecule has 0 aromatic heterocycles. The molecule has 0 heterocycles. The Morgan fingerprint density at radius 1 is 0.750 bits per heavy atom. The molecule has 0 aliphatic heterocycles. The van der Waals surface area contributed by atoms with Crippen LogP contribution >= 0.6 is 0 Å². The Kier molecular flexibility index (Phi) is 246. The minimum Gasteiger partial charge on any atom is -2.00 e. The molecule has 4 heteroatoms. The largest absolute Gasteiger partial charge is 4.00 e. The zero-order chi connectivity index (χ0) is 0. The molecule has 2 nitrogen and oxygen atoms in total. The van der Waals surface area contributed by atoms with E-state index < -0.39 is 0 Å². The van der Waals surface area contributed by atoms with E-state index in [2.05, 4.69) is 0 Å². The Balaban J connectivity index is 0. The van der Waals surface area contributed by atoms with Crippen molar-refractivity contribution in [2.45, 2.75) is 0 Å². The van der Waals surface area contributed by atoms with E-state index in [1.807, 2.05) is 0 Å². The SMILES string of the molecule is [O-2].[O-2].[Zr+4].[Zr]. The number of rotatable bonds is 0. The molecule has 0 aliphatic rings. The monoisotopic (exact) mass is 212 g/mol. The van der Waals surface area contributed by atoms with Gasteiger partial charge in [0, 0.05) is 26.2 Å². The molecule has 0 amide bonds. The van der Waals surface area contributed by atoms with Crippen LogP contribution in [0.3, 0.4) is 0 Å². The topological polar surface area (TPSA) is 57.0 Å². The molecule has 20 valence electrons. The quantitative estimate of drug-likeness (QED) is 0.534. The molecule has 0 unspecified atom stereocenters. The van der Waals surface area contributed by atoms with E-state index >= 15 is 0 Å². The van der Waals surface area contributed by atoms with Crippen molar-refractivity contribution in [3.8, 4) is 0 Å². The Morgan fingerprint density at radius 2 is 0.750 bits per heavy atom. The maximum absolute atomic E-state index is 0. The first-order valence-electron chi connectivity index (χ1n) is 0. The molecule has 0 bridgehead atoms.